The van der Waals surface area contributed by atoms with E-state index in [4.69, 9.17) is 5.73 Å². The smallest absolute Gasteiger partial charge is 0.253 e. The molecule has 0 spiro atoms. The van der Waals surface area contributed by atoms with Crippen LogP contribution in [0.1, 0.15) is 25.7 Å². The first kappa shape index (κ1) is 15.4. The highest BCUT2D eigenvalue weighted by Crippen LogP contribution is 2.30. The summed E-state index contributed by atoms with van der Waals surface area (Å²) in [6.45, 7) is 3.84. The summed E-state index contributed by atoms with van der Waals surface area (Å²) in [5, 5.41) is 9.79. The lowest BCUT2D eigenvalue weighted by Crippen LogP contribution is -2.46. The number of hydrogen-bond donors (Lipinski definition) is 1. The molecule has 110 valence electrons. The summed E-state index contributed by atoms with van der Waals surface area (Å²) in [6.07, 6.45) is 8.65. The Labute approximate surface area is 128 Å². The van der Waals surface area contributed by atoms with Crippen LogP contribution in [0.2, 0.25) is 0 Å². The van der Waals surface area contributed by atoms with Gasteiger partial charge in [0.05, 0.1) is 16.2 Å². The number of carbonyl (C=O) groups is 1. The zero-order chi connectivity index (χ0) is 15.4. The van der Waals surface area contributed by atoms with Crippen molar-refractivity contribution in [2.24, 2.45) is 10.7 Å². The van der Waals surface area contributed by atoms with E-state index in [0.717, 1.165) is 25.7 Å². The molecule has 2 N–H and O–H groups in total. The number of thioether (sulfide) groups is 1. The van der Waals surface area contributed by atoms with Crippen LogP contribution in [0.5, 0.6) is 0 Å². The molecule has 1 heterocycles. The van der Waals surface area contributed by atoms with Crippen LogP contribution in [-0.2, 0) is 4.79 Å². The Hall–Kier alpha value is -2.00. The molecule has 0 radical (unpaired) electrons. The second kappa shape index (κ2) is 6.64. The van der Waals surface area contributed by atoms with Gasteiger partial charge in [-0.1, -0.05) is 19.4 Å². The largest absolute Gasteiger partial charge is 0.404 e. The van der Waals surface area contributed by atoms with Crippen LogP contribution in [0.25, 0.3) is 0 Å². The Morgan fingerprint density at radius 3 is 2.81 bits per heavy atom. The van der Waals surface area contributed by atoms with Crippen LogP contribution in [0.4, 0.5) is 0 Å². The van der Waals surface area contributed by atoms with Gasteiger partial charge in [-0.05, 0) is 19.1 Å². The monoisotopic (exact) mass is 302 g/mol. The number of amides is 1. The summed E-state index contributed by atoms with van der Waals surface area (Å²) in [4.78, 5) is 18.5. The van der Waals surface area contributed by atoms with E-state index in [1.54, 1.807) is 4.90 Å². The fourth-order valence-corrected chi connectivity index (χ4v) is 2.85. The van der Waals surface area contributed by atoms with Gasteiger partial charge in [-0.15, -0.1) is 11.8 Å². The number of amidine groups is 1. The van der Waals surface area contributed by atoms with E-state index in [1.807, 2.05) is 12.3 Å². The number of carbonyl (C=O) groups excluding carboxylic acids is 1. The molecule has 0 saturated heterocycles. The van der Waals surface area contributed by atoms with Gasteiger partial charge in [-0.2, -0.15) is 5.26 Å². The van der Waals surface area contributed by atoms with Crippen molar-refractivity contribution in [1.82, 2.24) is 4.90 Å². The highest BCUT2D eigenvalue weighted by atomic mass is 32.2. The van der Waals surface area contributed by atoms with E-state index in [1.165, 1.54) is 24.0 Å². The SMILES string of the molecule is C=C(/N=C1\C(=C/N)C(C#N)=CC(=O)N1C1CCCC1)SC. The quantitative estimate of drug-likeness (QED) is 0.867. The van der Waals surface area contributed by atoms with Gasteiger partial charge in [0.2, 0.25) is 0 Å². The van der Waals surface area contributed by atoms with Gasteiger partial charge in [0.25, 0.3) is 5.91 Å². The Morgan fingerprint density at radius 1 is 1.62 bits per heavy atom. The first-order chi connectivity index (χ1) is 10.1. The predicted molar refractivity (Wildman–Crippen MR) is 85.2 cm³/mol. The number of nitriles is 1. The molecule has 0 atom stereocenters. The van der Waals surface area contributed by atoms with Crippen LogP contribution >= 0.6 is 11.8 Å². The summed E-state index contributed by atoms with van der Waals surface area (Å²) in [6, 6.07) is 2.14. The molecule has 0 unspecified atom stereocenters. The van der Waals surface area contributed by atoms with Gasteiger partial charge < -0.3 is 5.73 Å². The van der Waals surface area contributed by atoms with E-state index in [0.29, 0.717) is 16.4 Å². The minimum absolute atomic E-state index is 0.123. The van der Waals surface area contributed by atoms with Crippen molar-refractivity contribution in [3.63, 3.8) is 0 Å². The Balaban J connectivity index is 2.52. The first-order valence-electron chi connectivity index (χ1n) is 6.81. The molecule has 0 aromatic carbocycles. The highest BCUT2D eigenvalue weighted by Gasteiger charge is 2.35. The third kappa shape index (κ3) is 3.03. The average Bonchev–Trinajstić information content (AvgIpc) is 3.00. The molecule has 6 heteroatoms. The van der Waals surface area contributed by atoms with E-state index in [9.17, 15) is 10.1 Å². The summed E-state index contributed by atoms with van der Waals surface area (Å²) in [7, 11) is 0. The normalized spacial score (nSPS) is 23.5. The third-order valence-electron chi connectivity index (χ3n) is 3.71. The average molecular weight is 302 g/mol. The van der Waals surface area contributed by atoms with Crippen LogP contribution in [0.3, 0.4) is 0 Å². The molecule has 0 bridgehead atoms. The zero-order valence-electron chi connectivity index (χ0n) is 12.0. The van der Waals surface area contributed by atoms with Crippen molar-refractivity contribution >= 4 is 23.5 Å². The lowest BCUT2D eigenvalue weighted by Gasteiger charge is -2.33. The van der Waals surface area contributed by atoms with Crippen molar-refractivity contribution in [1.29, 1.82) is 5.26 Å². The van der Waals surface area contributed by atoms with Crippen molar-refractivity contribution in [3.8, 4) is 6.07 Å². The van der Waals surface area contributed by atoms with Gasteiger partial charge in [-0.25, -0.2) is 4.99 Å². The number of aliphatic imine (C=N–C) groups is 1. The lowest BCUT2D eigenvalue weighted by atomic mass is 9.99. The van der Waals surface area contributed by atoms with Gasteiger partial charge in [0, 0.05) is 18.3 Å². The summed E-state index contributed by atoms with van der Waals surface area (Å²) in [5.41, 5.74) is 6.43. The second-order valence-corrected chi connectivity index (χ2v) is 5.81. The Morgan fingerprint density at radius 2 is 2.29 bits per heavy atom. The molecule has 1 saturated carbocycles. The number of nitrogens with two attached hydrogens (primary N) is 1. The van der Waals surface area contributed by atoms with Gasteiger partial charge in [-0.3, -0.25) is 9.69 Å². The van der Waals surface area contributed by atoms with E-state index in [2.05, 4.69) is 11.6 Å². The number of hydrogen-bond acceptors (Lipinski definition) is 5. The third-order valence-corrected chi connectivity index (χ3v) is 4.27. The van der Waals surface area contributed by atoms with Crippen LogP contribution < -0.4 is 5.73 Å². The van der Waals surface area contributed by atoms with E-state index < -0.39 is 0 Å². The van der Waals surface area contributed by atoms with Crippen molar-refractivity contribution in [3.05, 3.63) is 35.0 Å². The molecule has 1 aliphatic carbocycles. The van der Waals surface area contributed by atoms with Crippen molar-refractivity contribution < 1.29 is 4.79 Å². The summed E-state index contributed by atoms with van der Waals surface area (Å²) >= 11 is 1.40. The topological polar surface area (TPSA) is 82.5 Å². The lowest BCUT2D eigenvalue weighted by molar-refractivity contribution is -0.124. The number of rotatable bonds is 3. The highest BCUT2D eigenvalue weighted by molar-refractivity contribution is 8.02. The standard InChI is InChI=1S/C15H18N4OS/c1-10(21-2)18-15-13(9-17)11(8-16)7-14(20)19(15)12-5-3-4-6-12/h7,9,12H,1,3-6,17H2,2H3/b13-9-,18-15+. The molecule has 2 aliphatic rings. The molecule has 21 heavy (non-hydrogen) atoms. The van der Waals surface area contributed by atoms with Gasteiger partial charge >= 0.3 is 0 Å². The first-order valence-corrected chi connectivity index (χ1v) is 8.04. The van der Waals surface area contributed by atoms with Crippen LogP contribution in [-0.4, -0.2) is 28.9 Å². The molecule has 1 aliphatic heterocycles. The fraction of sp³-hybridized carbons (Fsp3) is 0.400. The molecule has 0 aromatic heterocycles. The minimum atomic E-state index is -0.197. The molecular formula is C15H18N4OS. The zero-order valence-corrected chi connectivity index (χ0v) is 12.8. The molecule has 2 rings (SSSR count). The van der Waals surface area contributed by atoms with E-state index >= 15 is 0 Å². The molecule has 5 nitrogen and oxygen atoms in total. The van der Waals surface area contributed by atoms with E-state index in [-0.39, 0.29) is 17.5 Å². The maximum Gasteiger partial charge on any atom is 0.253 e. The molecular weight excluding hydrogens is 284 g/mol. The number of nitrogens with zero attached hydrogens (tertiary/aromatic N) is 3. The van der Waals surface area contributed by atoms with Gasteiger partial charge in [0.15, 0.2) is 0 Å². The van der Waals surface area contributed by atoms with Crippen LogP contribution in [0, 0.1) is 11.3 Å². The van der Waals surface area contributed by atoms with Crippen molar-refractivity contribution in [2.45, 2.75) is 31.7 Å². The maximum atomic E-state index is 12.4. The predicted octanol–water partition coefficient (Wildman–Crippen LogP) is 2.30. The summed E-state index contributed by atoms with van der Waals surface area (Å²) in [5.74, 6) is 0.254. The minimum Gasteiger partial charge on any atom is -0.404 e. The molecule has 0 aromatic rings. The second-order valence-electron chi connectivity index (χ2n) is 4.93. The summed E-state index contributed by atoms with van der Waals surface area (Å²) < 4.78 is 0. The Kier molecular flexibility index (Phi) is 4.86. The van der Waals surface area contributed by atoms with Gasteiger partial charge in [0.1, 0.15) is 11.9 Å². The van der Waals surface area contributed by atoms with Crippen molar-refractivity contribution in [2.75, 3.05) is 6.26 Å². The maximum absolute atomic E-state index is 12.4. The Bertz CT molecular complexity index is 591. The van der Waals surface area contributed by atoms with Crippen LogP contribution in [0.15, 0.2) is 40.0 Å². The molecule has 1 amide bonds. The fourth-order valence-electron chi connectivity index (χ4n) is 2.68. The molecule has 1 fully saturated rings.